The Morgan fingerprint density at radius 3 is 2.21 bits per heavy atom. The number of nitrogens with one attached hydrogen (secondary N) is 2. The van der Waals surface area contributed by atoms with Gasteiger partial charge in [0.05, 0.1) is 10.5 Å². The molecule has 0 heterocycles. The molecule has 2 aromatic carbocycles. The monoisotopic (exact) mass is 348 g/mol. The number of aliphatic hydroxyl groups is 1. The number of sulfonamides is 1. The third-order valence-corrected chi connectivity index (χ3v) is 5.54. The lowest BCUT2D eigenvalue weighted by Gasteiger charge is -2.26. The summed E-state index contributed by atoms with van der Waals surface area (Å²) < 4.78 is 25.8. The molecule has 2 unspecified atom stereocenters. The average molecular weight is 348 g/mol. The smallest absolute Gasteiger partial charge is 0.240 e. The van der Waals surface area contributed by atoms with Crippen molar-refractivity contribution in [2.75, 3.05) is 13.6 Å². The van der Waals surface area contributed by atoms with E-state index in [9.17, 15) is 13.5 Å². The molecule has 0 amide bonds. The molecule has 0 bridgehead atoms. The van der Waals surface area contributed by atoms with Gasteiger partial charge in [-0.05, 0) is 44.2 Å². The highest BCUT2D eigenvalue weighted by molar-refractivity contribution is 7.89. The first kappa shape index (κ1) is 18.6. The third kappa shape index (κ3) is 4.42. The molecular formula is C18H24N2O3S. The van der Waals surface area contributed by atoms with Crippen molar-refractivity contribution in [2.45, 2.75) is 30.4 Å². The van der Waals surface area contributed by atoms with Crippen molar-refractivity contribution < 1.29 is 13.5 Å². The van der Waals surface area contributed by atoms with Crippen LogP contribution in [0.1, 0.15) is 31.0 Å². The van der Waals surface area contributed by atoms with Gasteiger partial charge in [-0.2, -0.15) is 0 Å². The molecule has 130 valence electrons. The van der Waals surface area contributed by atoms with Gasteiger partial charge in [-0.15, -0.1) is 0 Å². The SMILES string of the molecule is CNS(=O)(=O)c1ccc(C(C)NCC(C)(O)c2ccccc2)cc1. The normalized spacial score (nSPS) is 15.7. The molecule has 0 spiro atoms. The molecule has 6 heteroatoms. The molecule has 5 nitrogen and oxygen atoms in total. The first-order valence-electron chi connectivity index (χ1n) is 7.81. The van der Waals surface area contributed by atoms with Crippen LogP contribution in [0, 0.1) is 0 Å². The average Bonchev–Trinajstić information content (AvgIpc) is 2.60. The molecule has 0 fully saturated rings. The van der Waals surface area contributed by atoms with E-state index in [4.69, 9.17) is 0 Å². The molecule has 0 saturated carbocycles. The van der Waals surface area contributed by atoms with Gasteiger partial charge in [0, 0.05) is 12.6 Å². The van der Waals surface area contributed by atoms with E-state index in [2.05, 4.69) is 10.0 Å². The Labute approximate surface area is 143 Å². The second-order valence-corrected chi connectivity index (χ2v) is 7.91. The van der Waals surface area contributed by atoms with Gasteiger partial charge in [0.1, 0.15) is 0 Å². The van der Waals surface area contributed by atoms with Crippen LogP contribution in [-0.2, 0) is 15.6 Å². The van der Waals surface area contributed by atoms with Gasteiger partial charge < -0.3 is 10.4 Å². The van der Waals surface area contributed by atoms with Crippen LogP contribution in [0.25, 0.3) is 0 Å². The van der Waals surface area contributed by atoms with Crippen LogP contribution in [0.3, 0.4) is 0 Å². The van der Waals surface area contributed by atoms with E-state index >= 15 is 0 Å². The lowest BCUT2D eigenvalue weighted by atomic mass is 9.95. The van der Waals surface area contributed by atoms with E-state index in [1.54, 1.807) is 31.2 Å². The summed E-state index contributed by atoms with van der Waals surface area (Å²) in [5.41, 5.74) is 0.819. The largest absolute Gasteiger partial charge is 0.384 e. The first-order chi connectivity index (χ1) is 11.3. The lowest BCUT2D eigenvalue weighted by molar-refractivity contribution is 0.0543. The zero-order chi connectivity index (χ0) is 17.8. The van der Waals surface area contributed by atoms with Crippen molar-refractivity contribution in [2.24, 2.45) is 0 Å². The summed E-state index contributed by atoms with van der Waals surface area (Å²) >= 11 is 0. The van der Waals surface area contributed by atoms with E-state index in [-0.39, 0.29) is 10.9 Å². The third-order valence-electron chi connectivity index (χ3n) is 4.11. The van der Waals surface area contributed by atoms with Crippen LogP contribution in [0.2, 0.25) is 0 Å². The molecule has 0 aliphatic carbocycles. The topological polar surface area (TPSA) is 78.4 Å². The Kier molecular flexibility index (Phi) is 5.77. The molecule has 0 aliphatic rings. The Morgan fingerprint density at radius 1 is 1.08 bits per heavy atom. The molecule has 2 atom stereocenters. The number of hydrogen-bond acceptors (Lipinski definition) is 4. The molecule has 0 aromatic heterocycles. The van der Waals surface area contributed by atoms with Gasteiger partial charge in [0.25, 0.3) is 0 Å². The van der Waals surface area contributed by atoms with E-state index in [0.717, 1.165) is 11.1 Å². The van der Waals surface area contributed by atoms with E-state index in [1.807, 2.05) is 37.3 Å². The molecule has 0 radical (unpaired) electrons. The zero-order valence-corrected chi connectivity index (χ0v) is 15.0. The van der Waals surface area contributed by atoms with Gasteiger partial charge in [-0.25, -0.2) is 13.1 Å². The van der Waals surface area contributed by atoms with Crippen LogP contribution >= 0.6 is 0 Å². The molecule has 0 aliphatic heterocycles. The summed E-state index contributed by atoms with van der Waals surface area (Å²) in [5.74, 6) is 0. The summed E-state index contributed by atoms with van der Waals surface area (Å²) in [4.78, 5) is 0.234. The number of benzene rings is 2. The first-order valence-corrected chi connectivity index (χ1v) is 9.29. The summed E-state index contributed by atoms with van der Waals surface area (Å²) in [5, 5.41) is 13.9. The highest BCUT2D eigenvalue weighted by Gasteiger charge is 2.23. The van der Waals surface area contributed by atoms with Crippen molar-refractivity contribution >= 4 is 10.0 Å². The molecule has 2 aromatic rings. The fourth-order valence-electron chi connectivity index (χ4n) is 2.42. The van der Waals surface area contributed by atoms with Gasteiger partial charge >= 0.3 is 0 Å². The standard InChI is InChI=1S/C18H24N2O3S/c1-14(15-9-11-17(12-10-15)24(22,23)19-3)20-13-18(2,21)16-7-5-4-6-8-16/h4-12,14,19-21H,13H2,1-3H3. The van der Waals surface area contributed by atoms with E-state index < -0.39 is 15.6 Å². The maximum Gasteiger partial charge on any atom is 0.240 e. The maximum atomic E-state index is 11.7. The summed E-state index contributed by atoms with van der Waals surface area (Å²) in [6, 6.07) is 16.2. The maximum absolute atomic E-state index is 11.7. The van der Waals surface area contributed by atoms with Crippen molar-refractivity contribution in [3.63, 3.8) is 0 Å². The van der Waals surface area contributed by atoms with Crippen molar-refractivity contribution in [1.82, 2.24) is 10.0 Å². The predicted molar refractivity (Wildman–Crippen MR) is 95.1 cm³/mol. The summed E-state index contributed by atoms with van der Waals surface area (Å²) in [6.07, 6.45) is 0. The van der Waals surface area contributed by atoms with Crippen LogP contribution in [-0.4, -0.2) is 27.1 Å². The lowest BCUT2D eigenvalue weighted by Crippen LogP contribution is -2.36. The molecule has 2 rings (SSSR count). The van der Waals surface area contributed by atoms with Gasteiger partial charge in [-0.1, -0.05) is 42.5 Å². The van der Waals surface area contributed by atoms with E-state index in [0.29, 0.717) is 6.54 Å². The zero-order valence-electron chi connectivity index (χ0n) is 14.2. The Morgan fingerprint density at radius 2 is 1.67 bits per heavy atom. The highest BCUT2D eigenvalue weighted by Crippen LogP contribution is 2.21. The summed E-state index contributed by atoms with van der Waals surface area (Å²) in [7, 11) is -2.03. The highest BCUT2D eigenvalue weighted by atomic mass is 32.2. The molecule has 0 saturated heterocycles. The van der Waals surface area contributed by atoms with Crippen molar-refractivity contribution in [1.29, 1.82) is 0 Å². The van der Waals surface area contributed by atoms with Crippen LogP contribution in [0.5, 0.6) is 0 Å². The van der Waals surface area contributed by atoms with Gasteiger partial charge in [-0.3, -0.25) is 0 Å². The minimum Gasteiger partial charge on any atom is -0.384 e. The Balaban J connectivity index is 2.04. The molecule has 24 heavy (non-hydrogen) atoms. The van der Waals surface area contributed by atoms with Crippen LogP contribution in [0.15, 0.2) is 59.5 Å². The quantitative estimate of drug-likeness (QED) is 0.716. The van der Waals surface area contributed by atoms with Crippen molar-refractivity contribution in [3.05, 3.63) is 65.7 Å². The number of hydrogen-bond donors (Lipinski definition) is 3. The Hall–Kier alpha value is -1.73. The minimum atomic E-state index is -3.42. The van der Waals surface area contributed by atoms with E-state index in [1.165, 1.54) is 7.05 Å². The fourth-order valence-corrected chi connectivity index (χ4v) is 3.15. The predicted octanol–water partition coefficient (Wildman–Crippen LogP) is 2.15. The second-order valence-electron chi connectivity index (χ2n) is 6.02. The fraction of sp³-hybridized carbons (Fsp3) is 0.333. The minimum absolute atomic E-state index is 0.0217. The van der Waals surface area contributed by atoms with Crippen LogP contribution < -0.4 is 10.0 Å². The van der Waals surface area contributed by atoms with Crippen LogP contribution in [0.4, 0.5) is 0 Å². The van der Waals surface area contributed by atoms with Gasteiger partial charge in [0.15, 0.2) is 0 Å². The number of rotatable bonds is 7. The van der Waals surface area contributed by atoms with Gasteiger partial charge in [0.2, 0.25) is 10.0 Å². The molecule has 3 N–H and O–H groups in total. The second kappa shape index (κ2) is 7.44. The molecular weight excluding hydrogens is 324 g/mol. The van der Waals surface area contributed by atoms with Crippen molar-refractivity contribution in [3.8, 4) is 0 Å². The Bertz CT molecular complexity index is 757. The summed E-state index contributed by atoms with van der Waals surface area (Å²) in [6.45, 7) is 4.13.